The van der Waals surface area contributed by atoms with Gasteiger partial charge in [0.15, 0.2) is 0 Å². The van der Waals surface area contributed by atoms with Crippen molar-refractivity contribution in [3.8, 4) is 0 Å². The second-order valence-corrected chi connectivity index (χ2v) is 7.07. The fraction of sp³-hybridized carbons (Fsp3) is 0. The molecule has 0 aliphatic carbocycles. The van der Waals surface area contributed by atoms with E-state index in [2.05, 4.69) is 103 Å². The first-order chi connectivity index (χ1) is 11.7. The van der Waals surface area contributed by atoms with Crippen LogP contribution in [0, 0.1) is 0 Å². The predicted molar refractivity (Wildman–Crippen MR) is 102 cm³/mol. The maximum Gasteiger partial charge on any atom is 0.326 e. The van der Waals surface area contributed by atoms with Gasteiger partial charge in [-0.3, -0.25) is 5.43 Å². The van der Waals surface area contributed by atoms with Crippen molar-refractivity contribution >= 4 is 29.9 Å². The number of amides is 2. The van der Waals surface area contributed by atoms with Crippen LogP contribution in [0.25, 0.3) is 0 Å². The Hall–Kier alpha value is -2.68. The molecule has 2 amide bonds. The highest BCUT2D eigenvalue weighted by atomic mass is 31.1. The summed E-state index contributed by atoms with van der Waals surface area (Å²) in [6.07, 6.45) is 0. The monoisotopic (exact) mass is 337 g/mol. The summed E-state index contributed by atoms with van der Waals surface area (Å²) in [6, 6.07) is 31.6. The zero-order valence-corrected chi connectivity index (χ0v) is 14.1. The summed E-state index contributed by atoms with van der Waals surface area (Å²) in [6.45, 7) is 0. The highest BCUT2D eigenvalue weighted by Crippen LogP contribution is 2.32. The summed E-state index contributed by atoms with van der Waals surface area (Å²) in [7, 11) is -0.446. The lowest BCUT2D eigenvalue weighted by Gasteiger charge is -2.18. The van der Waals surface area contributed by atoms with Crippen molar-refractivity contribution in [1.29, 1.82) is 0 Å². The van der Waals surface area contributed by atoms with Gasteiger partial charge in [0.25, 0.3) is 0 Å². The first kappa shape index (κ1) is 17.7. The number of rotatable bonds is 3. The lowest BCUT2D eigenvalue weighted by molar-refractivity contribution is 0.249. The minimum atomic E-state index is -0.718. The molecule has 3 aromatic carbocycles. The first-order valence-corrected chi connectivity index (χ1v) is 8.78. The Morgan fingerprint density at radius 3 is 1.12 bits per heavy atom. The van der Waals surface area contributed by atoms with Gasteiger partial charge in [0.2, 0.25) is 0 Å². The summed E-state index contributed by atoms with van der Waals surface area (Å²) < 4.78 is 0. The number of carbonyl (C=O) groups excluding carboxylic acids is 1. The van der Waals surface area contributed by atoms with Gasteiger partial charge in [0, 0.05) is 0 Å². The Balaban J connectivity index is 0.000000368. The summed E-state index contributed by atoms with van der Waals surface area (Å²) in [5.74, 6) is 4.45. The topological polar surface area (TPSA) is 81.1 Å². The summed E-state index contributed by atoms with van der Waals surface area (Å²) in [5, 5.41) is 4.19. The molecule has 0 aliphatic rings. The van der Waals surface area contributed by atoms with Crippen molar-refractivity contribution in [3.63, 3.8) is 0 Å². The molecule has 0 spiro atoms. The third kappa shape index (κ3) is 5.20. The van der Waals surface area contributed by atoms with Crippen LogP contribution in [0.15, 0.2) is 91.0 Å². The number of hydrogen-bond acceptors (Lipinski definition) is 2. The van der Waals surface area contributed by atoms with Crippen LogP contribution < -0.4 is 32.9 Å². The molecule has 0 aromatic heterocycles. The largest absolute Gasteiger partial charge is 0.351 e. The Morgan fingerprint density at radius 2 is 0.917 bits per heavy atom. The fourth-order valence-corrected chi connectivity index (χ4v) is 4.48. The molecule has 0 bridgehead atoms. The van der Waals surface area contributed by atoms with E-state index in [-0.39, 0.29) is 0 Å². The van der Waals surface area contributed by atoms with Gasteiger partial charge in [-0.15, -0.1) is 0 Å². The number of nitrogens with one attached hydrogen (secondary N) is 1. The van der Waals surface area contributed by atoms with Crippen LogP contribution in [0.2, 0.25) is 0 Å². The minimum Gasteiger partial charge on any atom is -0.351 e. The molecule has 0 unspecified atom stereocenters. The molecular weight excluding hydrogens is 317 g/mol. The molecule has 0 saturated heterocycles. The molecule has 3 aromatic rings. The van der Waals surface area contributed by atoms with Crippen LogP contribution in [0.1, 0.15) is 0 Å². The molecular formula is C19H20N3OP. The molecule has 0 atom stereocenters. The number of hydrogen-bond donors (Lipinski definition) is 3. The lowest BCUT2D eigenvalue weighted by Crippen LogP contribution is -2.34. The van der Waals surface area contributed by atoms with Crippen LogP contribution in [-0.2, 0) is 0 Å². The van der Waals surface area contributed by atoms with Gasteiger partial charge < -0.3 is 5.73 Å². The highest BCUT2D eigenvalue weighted by molar-refractivity contribution is 7.79. The molecule has 122 valence electrons. The Bertz CT molecular complexity index is 642. The molecule has 5 N–H and O–H groups in total. The normalized spacial score (nSPS) is 9.75. The fourth-order valence-electron chi connectivity index (χ4n) is 2.18. The SMILES string of the molecule is NNC(N)=O.c1ccc(P(c2ccccc2)c2ccccc2)cc1. The second kappa shape index (κ2) is 9.46. The van der Waals surface area contributed by atoms with E-state index in [9.17, 15) is 4.79 Å². The molecule has 0 saturated carbocycles. The van der Waals surface area contributed by atoms with E-state index in [0.29, 0.717) is 0 Å². The van der Waals surface area contributed by atoms with E-state index in [1.54, 1.807) is 5.43 Å². The summed E-state index contributed by atoms with van der Waals surface area (Å²) in [4.78, 5) is 9.35. The molecule has 0 radical (unpaired) electrons. The van der Waals surface area contributed by atoms with Crippen molar-refractivity contribution in [2.24, 2.45) is 11.6 Å². The van der Waals surface area contributed by atoms with Gasteiger partial charge in [-0.1, -0.05) is 91.0 Å². The first-order valence-electron chi connectivity index (χ1n) is 7.43. The smallest absolute Gasteiger partial charge is 0.326 e. The van der Waals surface area contributed by atoms with Gasteiger partial charge in [-0.05, 0) is 23.8 Å². The van der Waals surface area contributed by atoms with Gasteiger partial charge in [0.05, 0.1) is 0 Å². The van der Waals surface area contributed by atoms with Crippen LogP contribution in [-0.4, -0.2) is 6.03 Å². The van der Waals surface area contributed by atoms with E-state index in [4.69, 9.17) is 0 Å². The van der Waals surface area contributed by atoms with Crippen molar-refractivity contribution in [1.82, 2.24) is 5.43 Å². The van der Waals surface area contributed by atoms with Crippen LogP contribution in [0.4, 0.5) is 4.79 Å². The minimum absolute atomic E-state index is 0.446. The van der Waals surface area contributed by atoms with Crippen molar-refractivity contribution in [2.45, 2.75) is 0 Å². The molecule has 5 heteroatoms. The molecule has 24 heavy (non-hydrogen) atoms. The number of primary amides is 1. The maximum atomic E-state index is 9.35. The predicted octanol–water partition coefficient (Wildman–Crippen LogP) is 1.97. The zero-order chi connectivity index (χ0) is 17.2. The quantitative estimate of drug-likeness (QED) is 0.296. The van der Waals surface area contributed by atoms with Crippen LogP contribution >= 0.6 is 7.92 Å². The van der Waals surface area contributed by atoms with Gasteiger partial charge in [0.1, 0.15) is 0 Å². The number of urea groups is 1. The maximum absolute atomic E-state index is 9.35. The molecule has 3 rings (SSSR count). The molecule has 0 aliphatic heterocycles. The average molecular weight is 337 g/mol. The van der Waals surface area contributed by atoms with Gasteiger partial charge in [-0.25, -0.2) is 10.6 Å². The van der Waals surface area contributed by atoms with E-state index < -0.39 is 14.0 Å². The third-order valence-corrected chi connectivity index (χ3v) is 5.63. The summed E-state index contributed by atoms with van der Waals surface area (Å²) in [5.41, 5.74) is 6.08. The average Bonchev–Trinajstić information content (AvgIpc) is 2.65. The van der Waals surface area contributed by atoms with E-state index in [0.717, 1.165) is 0 Å². The van der Waals surface area contributed by atoms with E-state index in [1.165, 1.54) is 15.9 Å². The molecule has 4 nitrogen and oxygen atoms in total. The standard InChI is InChI=1S/C18H15P.CH5N3O/c1-4-10-16(11-5-1)19(17-12-6-2-7-13-17)18-14-8-3-9-15-18;2-1(5)4-3/h1-15H;3H2,(H3,2,4,5). The molecule has 0 fully saturated rings. The second-order valence-electron chi connectivity index (χ2n) is 4.85. The third-order valence-electron chi connectivity index (χ3n) is 3.19. The van der Waals surface area contributed by atoms with Gasteiger partial charge >= 0.3 is 6.03 Å². The number of benzene rings is 3. The Morgan fingerprint density at radius 1 is 0.667 bits per heavy atom. The highest BCUT2D eigenvalue weighted by Gasteiger charge is 2.14. The van der Waals surface area contributed by atoms with E-state index >= 15 is 0 Å². The van der Waals surface area contributed by atoms with Crippen molar-refractivity contribution in [3.05, 3.63) is 91.0 Å². The number of carbonyl (C=O) groups is 1. The number of hydrazine groups is 1. The Kier molecular flexibility index (Phi) is 6.96. The zero-order valence-electron chi connectivity index (χ0n) is 13.2. The van der Waals surface area contributed by atoms with Gasteiger partial charge in [-0.2, -0.15) is 0 Å². The van der Waals surface area contributed by atoms with E-state index in [1.807, 2.05) is 0 Å². The lowest BCUT2D eigenvalue weighted by atomic mass is 10.4. The van der Waals surface area contributed by atoms with Crippen LogP contribution in [0.3, 0.4) is 0 Å². The Labute approximate surface area is 143 Å². The summed E-state index contributed by atoms with van der Waals surface area (Å²) >= 11 is 0. The van der Waals surface area contributed by atoms with Crippen molar-refractivity contribution in [2.75, 3.05) is 0 Å². The molecule has 0 heterocycles. The van der Waals surface area contributed by atoms with Crippen molar-refractivity contribution < 1.29 is 4.79 Å². The van der Waals surface area contributed by atoms with Crippen LogP contribution in [0.5, 0.6) is 0 Å². The number of nitrogens with two attached hydrogens (primary N) is 2.